The van der Waals surface area contributed by atoms with Crippen LogP contribution in [0.5, 0.6) is 0 Å². The van der Waals surface area contributed by atoms with E-state index in [9.17, 15) is 0 Å². The van der Waals surface area contributed by atoms with Gasteiger partial charge in [0, 0.05) is 30.9 Å². The Labute approximate surface area is 257 Å². The summed E-state index contributed by atoms with van der Waals surface area (Å²) in [5.74, 6) is 0. The van der Waals surface area contributed by atoms with E-state index in [2.05, 4.69) is 146 Å². The molecule has 2 aromatic heterocycles. The molecule has 2 heterocycles. The minimum Gasteiger partial charge on any atom is -0.456 e. The molecule has 0 aliphatic carbocycles. The quantitative estimate of drug-likeness (QED) is 0.187. The van der Waals surface area contributed by atoms with Crippen LogP contribution in [-0.2, 0) is 0 Å². The van der Waals surface area contributed by atoms with Crippen LogP contribution in [0.3, 0.4) is 0 Å². The summed E-state index contributed by atoms with van der Waals surface area (Å²) in [6, 6.07) is 52.9. The van der Waals surface area contributed by atoms with Gasteiger partial charge in [-0.1, -0.05) is 121 Å². The van der Waals surface area contributed by atoms with Crippen molar-refractivity contribution in [3.8, 4) is 22.3 Å². The van der Waals surface area contributed by atoms with Crippen LogP contribution in [0.15, 0.2) is 150 Å². The van der Waals surface area contributed by atoms with Crippen LogP contribution in [0.4, 0.5) is 0 Å². The zero-order valence-corrected chi connectivity index (χ0v) is 24.5. The van der Waals surface area contributed by atoms with Crippen molar-refractivity contribution < 1.29 is 4.42 Å². The average Bonchev–Trinajstić information content (AvgIpc) is 3.65. The Balaban J connectivity index is 1.32. The lowest BCUT2D eigenvalue weighted by molar-refractivity contribution is 0.669. The van der Waals surface area contributed by atoms with E-state index in [1.165, 1.54) is 80.1 Å². The van der Waals surface area contributed by atoms with Crippen LogP contribution in [0.2, 0.25) is 0 Å². The Kier molecular flexibility index (Phi) is 4.94. The molecule has 0 saturated heterocycles. The van der Waals surface area contributed by atoms with Gasteiger partial charge in [-0.05, 0) is 78.8 Å². The van der Waals surface area contributed by atoms with Crippen LogP contribution in [0.25, 0.3) is 96.7 Å². The largest absolute Gasteiger partial charge is 0.456 e. The number of fused-ring (bicyclic) bond motifs is 11. The molecule has 0 bridgehead atoms. The van der Waals surface area contributed by atoms with Gasteiger partial charge in [-0.25, -0.2) is 0 Å². The van der Waals surface area contributed by atoms with E-state index < -0.39 is 0 Å². The summed E-state index contributed by atoms with van der Waals surface area (Å²) < 4.78 is 9.14. The molecule has 0 fully saturated rings. The number of hydrogen-bond acceptors (Lipinski definition) is 2. The number of benzene rings is 8. The lowest BCUT2D eigenvalue weighted by atomic mass is 9.86. The molecular weight excluding hydrogens is 553 g/mol. The molecule has 10 aromatic rings. The second kappa shape index (κ2) is 9.03. The first kappa shape index (κ1) is 24.0. The molecule has 0 spiro atoms. The molecule has 0 radical (unpaired) electrons. The second-order valence-corrected chi connectivity index (χ2v) is 12.6. The van der Waals surface area contributed by atoms with Crippen molar-refractivity contribution in [2.24, 2.45) is 0 Å². The molecule has 0 aliphatic heterocycles. The summed E-state index contributed by atoms with van der Waals surface area (Å²) in [4.78, 5) is 0. The van der Waals surface area contributed by atoms with Crippen LogP contribution in [-0.4, -0.2) is 0 Å². The summed E-state index contributed by atoms with van der Waals surface area (Å²) in [5, 5.41) is 12.6. The summed E-state index contributed by atoms with van der Waals surface area (Å²) in [6.45, 7) is 0. The highest BCUT2D eigenvalue weighted by molar-refractivity contribution is 7.27. The Hall–Kier alpha value is -5.44. The lowest BCUT2D eigenvalue weighted by Gasteiger charge is -2.17. The molecule has 0 saturated carbocycles. The zero-order chi connectivity index (χ0) is 28.8. The van der Waals surface area contributed by atoms with Crippen molar-refractivity contribution >= 4 is 85.8 Å². The van der Waals surface area contributed by atoms with Gasteiger partial charge in [0.05, 0.1) is 0 Å². The fourth-order valence-electron chi connectivity index (χ4n) is 7.37. The highest BCUT2D eigenvalue weighted by Gasteiger charge is 2.20. The fourth-order valence-corrected chi connectivity index (χ4v) is 8.62. The van der Waals surface area contributed by atoms with Crippen LogP contribution in [0.1, 0.15) is 0 Å². The molecule has 0 atom stereocenters. The van der Waals surface area contributed by atoms with Crippen molar-refractivity contribution in [3.63, 3.8) is 0 Å². The topological polar surface area (TPSA) is 13.1 Å². The van der Waals surface area contributed by atoms with Gasteiger partial charge in [-0.2, -0.15) is 0 Å². The highest BCUT2D eigenvalue weighted by Crippen LogP contribution is 2.47. The summed E-state index contributed by atoms with van der Waals surface area (Å²) in [5.41, 5.74) is 6.85. The van der Waals surface area contributed by atoms with Gasteiger partial charge in [0.1, 0.15) is 11.2 Å². The maximum absolute atomic E-state index is 6.51. The monoisotopic (exact) mass is 576 g/mol. The van der Waals surface area contributed by atoms with Crippen molar-refractivity contribution in [1.82, 2.24) is 0 Å². The van der Waals surface area contributed by atoms with Gasteiger partial charge in [-0.15, -0.1) is 11.3 Å². The summed E-state index contributed by atoms with van der Waals surface area (Å²) >= 11 is 1.88. The predicted octanol–water partition coefficient (Wildman–Crippen LogP) is 12.7. The third-order valence-corrected chi connectivity index (χ3v) is 10.4. The van der Waals surface area contributed by atoms with Crippen LogP contribution >= 0.6 is 11.3 Å². The van der Waals surface area contributed by atoms with Crippen molar-refractivity contribution in [1.29, 1.82) is 0 Å². The number of hydrogen-bond donors (Lipinski definition) is 0. The maximum atomic E-state index is 6.51. The van der Waals surface area contributed by atoms with Gasteiger partial charge < -0.3 is 4.42 Å². The van der Waals surface area contributed by atoms with Crippen LogP contribution < -0.4 is 0 Å². The van der Waals surface area contributed by atoms with Gasteiger partial charge in [-0.3, -0.25) is 0 Å². The molecule has 1 nitrogen and oxygen atoms in total. The predicted molar refractivity (Wildman–Crippen MR) is 190 cm³/mol. The Bertz CT molecular complexity index is 2710. The minimum atomic E-state index is 0.922. The molecule has 0 aliphatic rings. The van der Waals surface area contributed by atoms with E-state index in [0.29, 0.717) is 0 Å². The second-order valence-electron chi connectivity index (χ2n) is 11.6. The van der Waals surface area contributed by atoms with E-state index >= 15 is 0 Å². The SMILES string of the molecule is c1ccc(-c2c3ccccc3c(-c3ccc4oc5ccc6sc7c8ccccc8ccc7c6c5c4c3)c3ccccc23)cc1. The molecule has 0 amide bonds. The standard InChI is InChI=1S/C42H24OS/c1-2-11-26(12-3-1)38-29-14-6-8-16-31(29)39(32-17-9-7-15-30(32)38)27-19-21-35-34(24-27)40-36(43-35)22-23-37-41(40)33-20-18-25-10-4-5-13-28(25)42(33)44-37/h1-24H. The van der Waals surface area contributed by atoms with E-state index in [4.69, 9.17) is 4.42 Å². The number of rotatable bonds is 2. The first-order chi connectivity index (χ1) is 21.8. The third-order valence-electron chi connectivity index (χ3n) is 9.24. The fraction of sp³-hybridized carbons (Fsp3) is 0. The van der Waals surface area contributed by atoms with Crippen molar-refractivity contribution in [3.05, 3.63) is 146 Å². The Morgan fingerprint density at radius 3 is 1.73 bits per heavy atom. The van der Waals surface area contributed by atoms with E-state index in [-0.39, 0.29) is 0 Å². The Morgan fingerprint density at radius 1 is 0.386 bits per heavy atom. The first-order valence-corrected chi connectivity index (χ1v) is 15.8. The highest BCUT2D eigenvalue weighted by atomic mass is 32.1. The third kappa shape index (κ3) is 3.29. The first-order valence-electron chi connectivity index (χ1n) is 15.0. The number of thiophene rings is 1. The summed E-state index contributed by atoms with van der Waals surface area (Å²) in [6.07, 6.45) is 0. The Morgan fingerprint density at radius 2 is 1.00 bits per heavy atom. The zero-order valence-electron chi connectivity index (χ0n) is 23.7. The van der Waals surface area contributed by atoms with E-state index in [1.54, 1.807) is 0 Å². The van der Waals surface area contributed by atoms with Crippen molar-refractivity contribution in [2.75, 3.05) is 0 Å². The van der Waals surface area contributed by atoms with Gasteiger partial charge >= 0.3 is 0 Å². The molecule has 2 heteroatoms. The van der Waals surface area contributed by atoms with Crippen molar-refractivity contribution in [2.45, 2.75) is 0 Å². The normalized spacial score (nSPS) is 12.1. The molecule has 44 heavy (non-hydrogen) atoms. The average molecular weight is 577 g/mol. The number of furan rings is 1. The van der Waals surface area contributed by atoms with E-state index in [0.717, 1.165) is 16.6 Å². The molecule has 0 unspecified atom stereocenters. The van der Waals surface area contributed by atoms with Gasteiger partial charge in [0.2, 0.25) is 0 Å². The lowest BCUT2D eigenvalue weighted by Crippen LogP contribution is -1.90. The maximum Gasteiger partial charge on any atom is 0.136 e. The minimum absolute atomic E-state index is 0.922. The van der Waals surface area contributed by atoms with Crippen LogP contribution in [0, 0.1) is 0 Å². The smallest absolute Gasteiger partial charge is 0.136 e. The van der Waals surface area contributed by atoms with E-state index in [1.807, 2.05) is 11.3 Å². The van der Waals surface area contributed by atoms with Gasteiger partial charge in [0.15, 0.2) is 0 Å². The molecular formula is C42H24OS. The molecule has 8 aromatic carbocycles. The summed E-state index contributed by atoms with van der Waals surface area (Å²) in [7, 11) is 0. The van der Waals surface area contributed by atoms with Gasteiger partial charge in [0.25, 0.3) is 0 Å². The molecule has 204 valence electrons. The molecule has 10 rings (SSSR count). The molecule has 0 N–H and O–H groups in total.